The highest BCUT2D eigenvalue weighted by Crippen LogP contribution is 2.24. The number of nitrogens with one attached hydrogen (secondary N) is 2. The number of amides is 2. The van der Waals surface area contributed by atoms with Gasteiger partial charge < -0.3 is 15.4 Å². The molecule has 1 aromatic heterocycles. The van der Waals surface area contributed by atoms with Crippen LogP contribution < -0.4 is 10.6 Å². The number of esters is 1. The average Bonchev–Trinajstić information content (AvgIpc) is 2.77. The number of thioether (sulfide) groups is 1. The summed E-state index contributed by atoms with van der Waals surface area (Å²) in [6.07, 6.45) is 2.07. The molecule has 0 aliphatic heterocycles. The maximum absolute atomic E-state index is 12.7. The van der Waals surface area contributed by atoms with E-state index in [1.54, 1.807) is 0 Å². The van der Waals surface area contributed by atoms with Crippen molar-refractivity contribution in [3.8, 4) is 0 Å². The number of ether oxygens (including phenoxy) is 1. The second-order valence-electron chi connectivity index (χ2n) is 6.78. The summed E-state index contributed by atoms with van der Waals surface area (Å²) in [6, 6.07) is 3.64. The van der Waals surface area contributed by atoms with Crippen molar-refractivity contribution in [2.75, 3.05) is 17.3 Å². The molecule has 10 nitrogen and oxygen atoms in total. The van der Waals surface area contributed by atoms with Crippen LogP contribution in [0.5, 0.6) is 0 Å². The number of rotatable bonds is 10. The first-order valence-electron chi connectivity index (χ1n) is 9.59. The van der Waals surface area contributed by atoms with Crippen LogP contribution in [-0.2, 0) is 14.3 Å². The van der Waals surface area contributed by atoms with Crippen LogP contribution >= 0.6 is 46.6 Å². The Morgan fingerprint density at radius 1 is 1.21 bits per heavy atom. The molecule has 14 heteroatoms. The minimum Gasteiger partial charge on any atom is -0.451 e. The number of nitro benzene ring substituents is 1. The zero-order valence-electron chi connectivity index (χ0n) is 17.8. The van der Waals surface area contributed by atoms with Crippen LogP contribution in [0.4, 0.5) is 11.5 Å². The van der Waals surface area contributed by atoms with Gasteiger partial charge in [0.05, 0.1) is 25.6 Å². The van der Waals surface area contributed by atoms with E-state index in [-0.39, 0.29) is 38.6 Å². The highest BCUT2D eigenvalue weighted by Gasteiger charge is 2.28. The van der Waals surface area contributed by atoms with Crippen molar-refractivity contribution >= 4 is 75.9 Å². The summed E-state index contributed by atoms with van der Waals surface area (Å²) in [6.45, 7) is 1.34. The summed E-state index contributed by atoms with van der Waals surface area (Å²) in [5.41, 5.74) is -0.335. The van der Waals surface area contributed by atoms with E-state index in [0.717, 1.165) is 12.1 Å². The first-order valence-corrected chi connectivity index (χ1v) is 12.1. The lowest BCUT2D eigenvalue weighted by atomic mass is 10.1. The monoisotopic (exact) mass is 548 g/mol. The van der Waals surface area contributed by atoms with Crippen molar-refractivity contribution in [1.82, 2.24) is 10.3 Å². The van der Waals surface area contributed by atoms with Gasteiger partial charge in [0, 0.05) is 18.3 Å². The summed E-state index contributed by atoms with van der Waals surface area (Å²) in [4.78, 5) is 51.9. The minimum absolute atomic E-state index is 0.0408. The van der Waals surface area contributed by atoms with Gasteiger partial charge in [0.2, 0.25) is 0 Å². The molecule has 0 saturated carbocycles. The molecule has 1 heterocycles. The summed E-state index contributed by atoms with van der Waals surface area (Å²) in [5.74, 6) is -1.73. The van der Waals surface area contributed by atoms with Gasteiger partial charge >= 0.3 is 5.97 Å². The fraction of sp³-hybridized carbons (Fsp3) is 0.300. The Kier molecular flexibility index (Phi) is 10.4. The van der Waals surface area contributed by atoms with Gasteiger partial charge in [0.1, 0.15) is 6.04 Å². The van der Waals surface area contributed by atoms with Crippen molar-refractivity contribution in [3.05, 3.63) is 61.2 Å². The molecule has 0 aliphatic rings. The molecule has 34 heavy (non-hydrogen) atoms. The molecule has 0 bridgehead atoms. The van der Waals surface area contributed by atoms with Crippen LogP contribution in [0.3, 0.4) is 0 Å². The highest BCUT2D eigenvalue weighted by molar-refractivity contribution is 7.98. The quantitative estimate of drug-likeness (QED) is 0.253. The van der Waals surface area contributed by atoms with Gasteiger partial charge in [-0.25, -0.2) is 9.78 Å². The van der Waals surface area contributed by atoms with Crippen molar-refractivity contribution in [2.24, 2.45) is 0 Å². The number of benzene rings is 1. The third kappa shape index (κ3) is 7.73. The first kappa shape index (κ1) is 27.6. The van der Waals surface area contributed by atoms with E-state index in [1.165, 1.54) is 37.0 Å². The third-order valence-electron chi connectivity index (χ3n) is 4.32. The number of nitrogens with zero attached hydrogens (tertiary/aromatic N) is 2. The molecule has 0 fully saturated rings. The van der Waals surface area contributed by atoms with Gasteiger partial charge in [-0.3, -0.25) is 19.7 Å². The maximum Gasteiger partial charge on any atom is 0.329 e. The van der Waals surface area contributed by atoms with Gasteiger partial charge in [-0.1, -0.05) is 34.8 Å². The van der Waals surface area contributed by atoms with E-state index in [0.29, 0.717) is 5.75 Å². The Hall–Kier alpha value is -2.60. The molecule has 2 amide bonds. The fourth-order valence-electron chi connectivity index (χ4n) is 2.56. The molecular formula is C20H19Cl3N4O6S. The number of pyridine rings is 1. The number of carbonyl (C=O) groups is 3. The van der Waals surface area contributed by atoms with Gasteiger partial charge in [0.25, 0.3) is 17.5 Å². The second-order valence-corrected chi connectivity index (χ2v) is 9.02. The number of hydrogen-bond donors (Lipinski definition) is 2. The number of anilines is 1. The number of nitro groups is 1. The molecule has 2 rings (SSSR count). The van der Waals surface area contributed by atoms with E-state index in [9.17, 15) is 24.5 Å². The number of halogens is 3. The van der Waals surface area contributed by atoms with Crippen molar-refractivity contribution in [1.29, 1.82) is 0 Å². The fourth-order valence-corrected chi connectivity index (χ4v) is 3.72. The summed E-state index contributed by atoms with van der Waals surface area (Å²) >= 11 is 19.2. The lowest BCUT2D eigenvalue weighted by molar-refractivity contribution is -0.384. The van der Waals surface area contributed by atoms with Crippen LogP contribution in [0, 0.1) is 10.1 Å². The standard InChI is InChI=1S/C20H19Cl3N4O6S/c1-10(18(28)26-17-15(23)7-11(21)9-24-17)33-20(30)16(5-6-34-2)25-19(29)13-4-3-12(27(31)32)8-14(13)22/h3-4,7-10,16H,5-6H2,1-2H3,(H,25,29)(H,24,26,28)/t10-,16-/m1/s1. The van der Waals surface area contributed by atoms with Gasteiger partial charge in [-0.2, -0.15) is 11.8 Å². The van der Waals surface area contributed by atoms with Gasteiger partial charge in [0.15, 0.2) is 11.9 Å². The molecule has 0 spiro atoms. The van der Waals surface area contributed by atoms with E-state index in [4.69, 9.17) is 39.5 Å². The van der Waals surface area contributed by atoms with E-state index < -0.39 is 34.9 Å². The predicted octanol–water partition coefficient (Wildman–Crippen LogP) is 4.37. The minimum atomic E-state index is -1.24. The largest absolute Gasteiger partial charge is 0.451 e. The molecule has 0 aliphatic carbocycles. The lowest BCUT2D eigenvalue weighted by Crippen LogP contribution is -2.44. The SMILES string of the molecule is CSCC[C@@H](NC(=O)c1ccc([N+](=O)[O-])cc1Cl)C(=O)O[C@H](C)C(=O)Nc1ncc(Cl)cc1Cl. The van der Waals surface area contributed by atoms with Crippen molar-refractivity contribution in [3.63, 3.8) is 0 Å². The Balaban J connectivity index is 2.08. The summed E-state index contributed by atoms with van der Waals surface area (Å²) in [7, 11) is 0. The Bertz CT molecular complexity index is 1100. The van der Waals surface area contributed by atoms with Crippen molar-refractivity contribution in [2.45, 2.75) is 25.5 Å². The molecular weight excluding hydrogens is 531 g/mol. The van der Waals surface area contributed by atoms with Crippen LogP contribution in [-0.4, -0.2) is 51.8 Å². The summed E-state index contributed by atoms with van der Waals surface area (Å²) in [5, 5.41) is 16.0. The predicted molar refractivity (Wildman–Crippen MR) is 131 cm³/mol. The Morgan fingerprint density at radius 3 is 2.50 bits per heavy atom. The molecule has 0 unspecified atom stereocenters. The lowest BCUT2D eigenvalue weighted by Gasteiger charge is -2.20. The number of hydrogen-bond acceptors (Lipinski definition) is 8. The molecule has 182 valence electrons. The van der Waals surface area contributed by atoms with Crippen LogP contribution in [0.1, 0.15) is 23.7 Å². The van der Waals surface area contributed by atoms with Gasteiger partial charge in [-0.05, 0) is 37.5 Å². The Labute approximate surface area is 213 Å². The molecule has 0 radical (unpaired) electrons. The molecule has 1 aromatic carbocycles. The zero-order chi connectivity index (χ0) is 25.4. The maximum atomic E-state index is 12.7. The van der Waals surface area contributed by atoms with Crippen LogP contribution in [0.25, 0.3) is 0 Å². The molecule has 2 aromatic rings. The first-order chi connectivity index (χ1) is 16.0. The van der Waals surface area contributed by atoms with Crippen molar-refractivity contribution < 1.29 is 24.0 Å². The molecule has 2 N–H and O–H groups in total. The third-order valence-corrected chi connectivity index (χ3v) is 5.77. The number of aromatic nitrogens is 1. The van der Waals surface area contributed by atoms with Gasteiger partial charge in [-0.15, -0.1) is 0 Å². The van der Waals surface area contributed by atoms with E-state index in [2.05, 4.69) is 15.6 Å². The normalized spacial score (nSPS) is 12.4. The molecule has 0 saturated heterocycles. The Morgan fingerprint density at radius 2 is 1.91 bits per heavy atom. The average molecular weight is 550 g/mol. The second kappa shape index (κ2) is 12.7. The number of non-ortho nitro benzene ring substituents is 1. The van der Waals surface area contributed by atoms with E-state index >= 15 is 0 Å². The molecule has 2 atom stereocenters. The van der Waals surface area contributed by atoms with Crippen LogP contribution in [0.2, 0.25) is 15.1 Å². The van der Waals surface area contributed by atoms with E-state index in [1.807, 2.05) is 6.26 Å². The van der Waals surface area contributed by atoms with Crippen LogP contribution in [0.15, 0.2) is 30.5 Å². The number of carbonyl (C=O) groups excluding carboxylic acids is 3. The smallest absolute Gasteiger partial charge is 0.329 e. The highest BCUT2D eigenvalue weighted by atomic mass is 35.5. The topological polar surface area (TPSA) is 141 Å². The summed E-state index contributed by atoms with van der Waals surface area (Å²) < 4.78 is 5.23. The zero-order valence-corrected chi connectivity index (χ0v) is 20.9.